The van der Waals surface area contributed by atoms with E-state index in [1.807, 2.05) is 0 Å². The fourth-order valence-electron chi connectivity index (χ4n) is 2.09. The Morgan fingerprint density at radius 3 is 2.53 bits per heavy atom. The van der Waals surface area contributed by atoms with Gasteiger partial charge in [0.25, 0.3) is 0 Å². The van der Waals surface area contributed by atoms with Crippen LogP contribution in [0.3, 0.4) is 0 Å². The van der Waals surface area contributed by atoms with Gasteiger partial charge in [-0.1, -0.05) is 45.1 Å². The third kappa shape index (κ3) is 4.16. The van der Waals surface area contributed by atoms with Crippen molar-refractivity contribution in [2.45, 2.75) is 52.8 Å². The van der Waals surface area contributed by atoms with Crippen LogP contribution in [0, 0.1) is 22.8 Å². The Bertz CT molecular complexity index is 376. The van der Waals surface area contributed by atoms with Gasteiger partial charge in [-0.15, -0.1) is 11.5 Å². The molecule has 0 spiro atoms. The molecule has 1 aliphatic carbocycles. The average Bonchev–Trinajstić information content (AvgIpc) is 2.61. The van der Waals surface area contributed by atoms with E-state index in [0.717, 1.165) is 19.1 Å². The summed E-state index contributed by atoms with van der Waals surface area (Å²) in [5.74, 6) is 3.81. The van der Waals surface area contributed by atoms with Gasteiger partial charge in [0.2, 0.25) is 0 Å². The molecule has 0 fully saturated rings. The summed E-state index contributed by atoms with van der Waals surface area (Å²) in [6.07, 6.45) is 6.01. The molecule has 1 nitrogen and oxygen atoms in total. The number of rotatable bonds is 3. The van der Waals surface area contributed by atoms with Crippen molar-refractivity contribution in [3.8, 4) is 11.5 Å². The molecule has 0 aromatic carbocycles. The first kappa shape index (κ1) is 14.2. The van der Waals surface area contributed by atoms with Crippen molar-refractivity contribution in [3.63, 3.8) is 0 Å². The minimum absolute atomic E-state index is 0.285. The molecule has 0 saturated heterocycles. The first-order valence-corrected chi connectivity index (χ1v) is 9.96. The zero-order valence-electron chi connectivity index (χ0n) is 11.8. The van der Waals surface area contributed by atoms with Crippen LogP contribution in [0.4, 0.5) is 0 Å². The summed E-state index contributed by atoms with van der Waals surface area (Å²) in [5.41, 5.74) is 4.49. The fraction of sp³-hybridized carbons (Fsp3) is 0.667. The highest BCUT2D eigenvalue weighted by atomic mass is 28.3. The van der Waals surface area contributed by atoms with Gasteiger partial charge in [0.1, 0.15) is 14.4 Å². The lowest BCUT2D eigenvalue weighted by Crippen LogP contribution is -2.19. The molecular weight excluding hydrogens is 224 g/mol. The summed E-state index contributed by atoms with van der Waals surface area (Å²) in [6, 6.07) is 0. The maximum Gasteiger partial charge on any atom is 0.130 e. The lowest BCUT2D eigenvalue weighted by atomic mass is 9.86. The Balaban J connectivity index is 2.79. The maximum atomic E-state index is 11.4. The third-order valence-electron chi connectivity index (χ3n) is 3.21. The topological polar surface area (TPSA) is 17.1 Å². The van der Waals surface area contributed by atoms with Crippen LogP contribution in [-0.2, 0) is 4.79 Å². The smallest absolute Gasteiger partial charge is 0.130 e. The highest BCUT2D eigenvalue weighted by Crippen LogP contribution is 2.39. The zero-order chi connectivity index (χ0) is 13.1. The van der Waals surface area contributed by atoms with Gasteiger partial charge in [-0.2, -0.15) is 0 Å². The van der Waals surface area contributed by atoms with E-state index in [2.05, 4.69) is 51.0 Å². The minimum atomic E-state index is -1.31. The van der Waals surface area contributed by atoms with Crippen molar-refractivity contribution < 1.29 is 4.79 Å². The number of carbonyl (C=O) groups excluding carboxylic acids is 1. The second-order valence-corrected chi connectivity index (χ2v) is 11.2. The van der Waals surface area contributed by atoms with Gasteiger partial charge in [-0.05, 0) is 18.8 Å². The molecule has 1 aliphatic rings. The molecule has 0 aromatic heterocycles. The van der Waals surface area contributed by atoms with E-state index in [0.29, 0.717) is 12.3 Å². The summed E-state index contributed by atoms with van der Waals surface area (Å²) in [6.45, 7) is 11.1. The fourth-order valence-corrected chi connectivity index (χ4v) is 2.71. The lowest BCUT2D eigenvalue weighted by molar-refractivity contribution is -0.113. The van der Waals surface area contributed by atoms with E-state index < -0.39 is 8.07 Å². The zero-order valence-corrected chi connectivity index (χ0v) is 12.8. The predicted octanol–water partition coefficient (Wildman–Crippen LogP) is 3.82. The number of hydrogen-bond donors (Lipinski definition) is 0. The van der Waals surface area contributed by atoms with Crippen molar-refractivity contribution in [1.82, 2.24) is 0 Å². The Hall–Kier alpha value is -0.813. The van der Waals surface area contributed by atoms with Crippen LogP contribution in [0.2, 0.25) is 19.6 Å². The molecule has 0 N–H and O–H groups in total. The van der Waals surface area contributed by atoms with E-state index in [-0.39, 0.29) is 5.41 Å². The number of hydrogen-bond acceptors (Lipinski definition) is 1. The normalized spacial score (nSPS) is 24.2. The molecule has 0 aliphatic heterocycles. The van der Waals surface area contributed by atoms with E-state index in [1.54, 1.807) is 0 Å². The number of allylic oxidation sites excluding steroid dienone is 2. The van der Waals surface area contributed by atoms with Crippen molar-refractivity contribution in [3.05, 3.63) is 11.6 Å². The van der Waals surface area contributed by atoms with Crippen LogP contribution < -0.4 is 0 Å². The van der Waals surface area contributed by atoms with Gasteiger partial charge in [-0.25, -0.2) is 0 Å². The monoisotopic (exact) mass is 248 g/mol. The molecule has 0 unspecified atom stereocenters. The van der Waals surface area contributed by atoms with Crippen molar-refractivity contribution >= 4 is 14.4 Å². The minimum Gasteiger partial charge on any atom is -0.302 e. The summed E-state index contributed by atoms with van der Waals surface area (Å²) in [7, 11) is -1.31. The molecule has 0 radical (unpaired) electrons. The molecule has 0 saturated carbocycles. The summed E-state index contributed by atoms with van der Waals surface area (Å²) >= 11 is 0. The predicted molar refractivity (Wildman–Crippen MR) is 76.4 cm³/mol. The highest BCUT2D eigenvalue weighted by molar-refractivity contribution is 6.83. The molecule has 94 valence electrons. The van der Waals surface area contributed by atoms with Gasteiger partial charge >= 0.3 is 0 Å². The summed E-state index contributed by atoms with van der Waals surface area (Å²) < 4.78 is 0. The molecule has 0 heterocycles. The van der Waals surface area contributed by atoms with Crippen LogP contribution in [0.25, 0.3) is 0 Å². The Morgan fingerprint density at radius 2 is 2.12 bits per heavy atom. The molecule has 0 amide bonds. The first-order chi connectivity index (χ1) is 7.78. The van der Waals surface area contributed by atoms with Crippen molar-refractivity contribution in [1.29, 1.82) is 0 Å². The standard InChI is InChI=1S/C15H24OSi/c1-13(2)14-7-9-15(11-14,12-16)8-6-10-17(3,4)5/h11-13H,7-9H2,1-5H3/t15-/m1/s1. The van der Waals surface area contributed by atoms with E-state index >= 15 is 0 Å². The Labute approximate surface area is 107 Å². The molecular formula is C15H24OSi. The van der Waals surface area contributed by atoms with Gasteiger partial charge in [-0.3, -0.25) is 0 Å². The van der Waals surface area contributed by atoms with Crippen molar-refractivity contribution in [2.24, 2.45) is 11.3 Å². The van der Waals surface area contributed by atoms with Crippen LogP contribution in [-0.4, -0.2) is 14.4 Å². The van der Waals surface area contributed by atoms with Gasteiger partial charge in [0.05, 0.1) is 5.41 Å². The second kappa shape index (κ2) is 5.22. The van der Waals surface area contributed by atoms with Gasteiger partial charge < -0.3 is 4.79 Å². The number of aldehydes is 1. The van der Waals surface area contributed by atoms with Crippen molar-refractivity contribution in [2.75, 3.05) is 0 Å². The third-order valence-corrected chi connectivity index (χ3v) is 4.14. The highest BCUT2D eigenvalue weighted by Gasteiger charge is 2.32. The van der Waals surface area contributed by atoms with Gasteiger partial charge in [0, 0.05) is 6.42 Å². The van der Waals surface area contributed by atoms with Crippen LogP contribution in [0.5, 0.6) is 0 Å². The quantitative estimate of drug-likeness (QED) is 0.321. The molecule has 0 aromatic rings. The average molecular weight is 248 g/mol. The van der Waals surface area contributed by atoms with E-state index in [1.165, 1.54) is 5.57 Å². The largest absolute Gasteiger partial charge is 0.302 e. The SMILES string of the molecule is CC(C)C1=C[C@@](C=O)(CC#C[Si](C)(C)C)CC1. The Kier molecular flexibility index (Phi) is 4.38. The number of carbonyl (C=O) groups is 1. The molecule has 1 rings (SSSR count). The second-order valence-electron chi connectivity index (χ2n) is 6.45. The summed E-state index contributed by atoms with van der Waals surface area (Å²) in [5, 5.41) is 0. The molecule has 2 heteroatoms. The first-order valence-electron chi connectivity index (χ1n) is 6.46. The van der Waals surface area contributed by atoms with Crippen LogP contribution >= 0.6 is 0 Å². The van der Waals surface area contributed by atoms with Crippen LogP contribution in [0.15, 0.2) is 11.6 Å². The van der Waals surface area contributed by atoms with E-state index in [4.69, 9.17) is 0 Å². The maximum absolute atomic E-state index is 11.4. The molecule has 0 bridgehead atoms. The lowest BCUT2D eigenvalue weighted by Gasteiger charge is -2.16. The van der Waals surface area contributed by atoms with E-state index in [9.17, 15) is 4.79 Å². The summed E-state index contributed by atoms with van der Waals surface area (Å²) in [4.78, 5) is 11.4. The van der Waals surface area contributed by atoms with Gasteiger partial charge in [0.15, 0.2) is 0 Å². The van der Waals surface area contributed by atoms with Crippen LogP contribution in [0.1, 0.15) is 33.1 Å². The molecule has 17 heavy (non-hydrogen) atoms. The molecule has 1 atom stereocenters. The Morgan fingerprint density at radius 1 is 1.47 bits per heavy atom.